The molecule has 1 aliphatic rings. The zero-order valence-corrected chi connectivity index (χ0v) is 16.8. The number of nitrogens with one attached hydrogen (secondary N) is 1. The predicted octanol–water partition coefficient (Wildman–Crippen LogP) is 2.65. The molecule has 0 aliphatic heterocycles. The molecule has 28 heavy (non-hydrogen) atoms. The van der Waals surface area contributed by atoms with Gasteiger partial charge in [0.1, 0.15) is 12.1 Å². The fourth-order valence-corrected chi connectivity index (χ4v) is 3.30. The molecule has 0 aromatic carbocycles. The molecule has 2 atom stereocenters. The number of nitrogens with zero attached hydrogens (tertiary/aromatic N) is 1. The van der Waals surface area contributed by atoms with E-state index in [9.17, 15) is 14.4 Å². The molecule has 1 aliphatic carbocycles. The van der Waals surface area contributed by atoms with Gasteiger partial charge in [-0.2, -0.15) is 0 Å². The summed E-state index contributed by atoms with van der Waals surface area (Å²) >= 11 is 0. The summed E-state index contributed by atoms with van der Waals surface area (Å²) in [6.07, 6.45) is 6.79. The number of carbonyl (C=O) groups excluding carboxylic acids is 3. The van der Waals surface area contributed by atoms with Crippen LogP contribution in [0.4, 0.5) is 0 Å². The van der Waals surface area contributed by atoms with Gasteiger partial charge < -0.3 is 19.5 Å². The van der Waals surface area contributed by atoms with Crippen LogP contribution in [0.5, 0.6) is 11.5 Å². The van der Waals surface area contributed by atoms with Crippen LogP contribution in [0.2, 0.25) is 0 Å². The van der Waals surface area contributed by atoms with Crippen LogP contribution < -0.4 is 14.8 Å². The molecule has 1 amide bonds. The number of amides is 1. The Labute approximate surface area is 164 Å². The van der Waals surface area contributed by atoms with Crippen LogP contribution in [-0.4, -0.2) is 42.1 Å². The predicted molar refractivity (Wildman–Crippen MR) is 101 cm³/mol. The summed E-state index contributed by atoms with van der Waals surface area (Å²) < 4.78 is 15.7. The van der Waals surface area contributed by atoms with Crippen molar-refractivity contribution in [2.45, 2.75) is 65.0 Å². The SMILES string of the molecule is COc1ccnc(C(=O)NC(C)C(=O)OC(C)C2CCCCC2)c1OC(C)=O. The van der Waals surface area contributed by atoms with Crippen molar-refractivity contribution in [1.82, 2.24) is 10.3 Å². The van der Waals surface area contributed by atoms with Gasteiger partial charge in [0.15, 0.2) is 11.4 Å². The van der Waals surface area contributed by atoms with Crippen molar-refractivity contribution in [3.8, 4) is 11.5 Å². The highest BCUT2D eigenvalue weighted by molar-refractivity contribution is 5.98. The summed E-state index contributed by atoms with van der Waals surface area (Å²) in [5, 5.41) is 2.55. The molecule has 1 saturated carbocycles. The molecule has 8 nitrogen and oxygen atoms in total. The smallest absolute Gasteiger partial charge is 0.328 e. The van der Waals surface area contributed by atoms with Crippen LogP contribution in [0.3, 0.4) is 0 Å². The van der Waals surface area contributed by atoms with E-state index in [0.717, 1.165) is 25.7 Å². The first-order valence-corrected chi connectivity index (χ1v) is 9.56. The van der Waals surface area contributed by atoms with Crippen LogP contribution in [0, 0.1) is 5.92 Å². The second-order valence-corrected chi connectivity index (χ2v) is 7.02. The van der Waals surface area contributed by atoms with Crippen LogP contribution >= 0.6 is 0 Å². The minimum absolute atomic E-state index is 0.0915. The zero-order valence-electron chi connectivity index (χ0n) is 16.8. The Balaban J connectivity index is 2.03. The van der Waals surface area contributed by atoms with Crippen molar-refractivity contribution in [1.29, 1.82) is 0 Å². The lowest BCUT2D eigenvalue weighted by Crippen LogP contribution is -2.42. The Kier molecular flexibility index (Phi) is 7.78. The first-order chi connectivity index (χ1) is 13.3. The number of methoxy groups -OCH3 is 1. The summed E-state index contributed by atoms with van der Waals surface area (Å²) in [6.45, 7) is 4.64. The highest BCUT2D eigenvalue weighted by Gasteiger charge is 2.28. The Morgan fingerprint density at radius 3 is 2.46 bits per heavy atom. The average molecular weight is 392 g/mol. The van der Waals surface area contributed by atoms with Gasteiger partial charge in [0, 0.05) is 19.2 Å². The number of hydrogen-bond donors (Lipinski definition) is 1. The first kappa shape index (κ1) is 21.7. The van der Waals surface area contributed by atoms with Crippen LogP contribution in [0.1, 0.15) is 63.4 Å². The summed E-state index contributed by atoms with van der Waals surface area (Å²) in [4.78, 5) is 40.3. The van der Waals surface area contributed by atoms with E-state index < -0.39 is 23.9 Å². The van der Waals surface area contributed by atoms with E-state index >= 15 is 0 Å². The normalized spacial score (nSPS) is 16.6. The number of rotatable bonds is 7. The fourth-order valence-electron chi connectivity index (χ4n) is 3.30. The number of pyridine rings is 1. The van der Waals surface area contributed by atoms with Gasteiger partial charge >= 0.3 is 11.9 Å². The van der Waals surface area contributed by atoms with E-state index in [1.165, 1.54) is 32.7 Å². The third-order valence-corrected chi connectivity index (χ3v) is 4.87. The van der Waals surface area contributed by atoms with Gasteiger partial charge in [-0.1, -0.05) is 19.3 Å². The Hall–Kier alpha value is -2.64. The van der Waals surface area contributed by atoms with Gasteiger partial charge in [-0.15, -0.1) is 0 Å². The molecule has 1 heterocycles. The van der Waals surface area contributed by atoms with E-state index in [-0.39, 0.29) is 23.3 Å². The van der Waals surface area contributed by atoms with Crippen molar-refractivity contribution < 1.29 is 28.6 Å². The largest absolute Gasteiger partial charge is 0.493 e. The van der Waals surface area contributed by atoms with Gasteiger partial charge in [0.2, 0.25) is 5.75 Å². The molecule has 0 spiro atoms. The fraction of sp³-hybridized carbons (Fsp3) is 0.600. The maximum Gasteiger partial charge on any atom is 0.328 e. The highest BCUT2D eigenvalue weighted by Crippen LogP contribution is 2.30. The Morgan fingerprint density at radius 1 is 1.18 bits per heavy atom. The lowest BCUT2D eigenvalue weighted by Gasteiger charge is -2.28. The second kappa shape index (κ2) is 10.1. The average Bonchev–Trinajstić information content (AvgIpc) is 2.68. The molecule has 1 aromatic heterocycles. The number of esters is 2. The Morgan fingerprint density at radius 2 is 1.86 bits per heavy atom. The van der Waals surface area contributed by atoms with Gasteiger partial charge in [-0.05, 0) is 32.6 Å². The Bertz CT molecular complexity index is 715. The molecule has 0 radical (unpaired) electrons. The lowest BCUT2D eigenvalue weighted by molar-refractivity contribution is -0.153. The topological polar surface area (TPSA) is 104 Å². The molecule has 8 heteroatoms. The second-order valence-electron chi connectivity index (χ2n) is 7.02. The summed E-state index contributed by atoms with van der Waals surface area (Å²) in [6, 6.07) is 0.593. The number of ether oxygens (including phenoxy) is 3. The summed E-state index contributed by atoms with van der Waals surface area (Å²) in [7, 11) is 1.39. The third kappa shape index (κ3) is 5.68. The maximum absolute atomic E-state index is 12.6. The maximum atomic E-state index is 12.6. The zero-order chi connectivity index (χ0) is 20.7. The number of carbonyl (C=O) groups is 3. The van der Waals surface area contributed by atoms with E-state index in [1.54, 1.807) is 6.92 Å². The minimum atomic E-state index is -0.878. The molecule has 1 aromatic rings. The van der Waals surface area contributed by atoms with E-state index in [0.29, 0.717) is 5.92 Å². The minimum Gasteiger partial charge on any atom is -0.493 e. The molecule has 0 saturated heterocycles. The van der Waals surface area contributed by atoms with Crippen molar-refractivity contribution in [2.24, 2.45) is 5.92 Å². The highest BCUT2D eigenvalue weighted by atomic mass is 16.6. The summed E-state index contributed by atoms with van der Waals surface area (Å²) in [5.74, 6) is -1.33. The standard InChI is InChI=1S/C20H28N2O6/c1-12(20(25)27-13(2)15-8-6-5-7-9-15)22-19(24)17-18(28-14(3)23)16(26-4)10-11-21-17/h10-13,15H,5-9H2,1-4H3,(H,22,24). The van der Waals surface area contributed by atoms with E-state index in [4.69, 9.17) is 14.2 Å². The van der Waals surface area contributed by atoms with Gasteiger partial charge in [0.05, 0.1) is 7.11 Å². The molecule has 1 N–H and O–H groups in total. The molecule has 0 bridgehead atoms. The molecular formula is C20H28N2O6. The van der Waals surface area contributed by atoms with Crippen molar-refractivity contribution in [2.75, 3.05) is 7.11 Å². The van der Waals surface area contributed by atoms with Crippen LogP contribution in [0.15, 0.2) is 12.3 Å². The van der Waals surface area contributed by atoms with E-state index in [1.807, 2.05) is 6.92 Å². The molecule has 2 unspecified atom stereocenters. The molecule has 1 fully saturated rings. The monoisotopic (exact) mass is 392 g/mol. The van der Waals surface area contributed by atoms with Crippen molar-refractivity contribution in [3.63, 3.8) is 0 Å². The van der Waals surface area contributed by atoms with Gasteiger partial charge in [-0.25, -0.2) is 9.78 Å². The van der Waals surface area contributed by atoms with Crippen LogP contribution in [0.25, 0.3) is 0 Å². The van der Waals surface area contributed by atoms with Crippen LogP contribution in [-0.2, 0) is 14.3 Å². The first-order valence-electron chi connectivity index (χ1n) is 9.56. The molecular weight excluding hydrogens is 364 g/mol. The number of hydrogen-bond acceptors (Lipinski definition) is 7. The van der Waals surface area contributed by atoms with Gasteiger partial charge in [0.25, 0.3) is 5.91 Å². The van der Waals surface area contributed by atoms with Crippen molar-refractivity contribution in [3.05, 3.63) is 18.0 Å². The number of aromatic nitrogens is 1. The summed E-state index contributed by atoms with van der Waals surface area (Å²) in [5.41, 5.74) is -0.144. The lowest BCUT2D eigenvalue weighted by atomic mass is 9.86. The molecule has 154 valence electrons. The van der Waals surface area contributed by atoms with Gasteiger partial charge in [-0.3, -0.25) is 9.59 Å². The van der Waals surface area contributed by atoms with E-state index in [2.05, 4.69) is 10.3 Å². The quantitative estimate of drug-likeness (QED) is 0.711. The third-order valence-electron chi connectivity index (χ3n) is 4.87. The molecule has 2 rings (SSSR count). The van der Waals surface area contributed by atoms with Crippen molar-refractivity contribution >= 4 is 17.8 Å².